The van der Waals surface area contributed by atoms with Gasteiger partial charge in [-0.05, 0) is 48.8 Å². The predicted octanol–water partition coefficient (Wildman–Crippen LogP) is 4.30. The number of ether oxygens (including phenoxy) is 1. The van der Waals surface area contributed by atoms with Crippen LogP contribution < -0.4 is 4.74 Å². The summed E-state index contributed by atoms with van der Waals surface area (Å²) in [4.78, 5) is 1.00. The summed E-state index contributed by atoms with van der Waals surface area (Å²) >= 11 is 1.58. The molecule has 0 spiro atoms. The van der Waals surface area contributed by atoms with Gasteiger partial charge in [0.2, 0.25) is 0 Å². The van der Waals surface area contributed by atoms with Gasteiger partial charge >= 0.3 is 0 Å². The number of hydrogen-bond donors (Lipinski definition) is 1. The van der Waals surface area contributed by atoms with Gasteiger partial charge in [-0.1, -0.05) is 24.3 Å². The number of fused-ring (bicyclic) bond motifs is 1. The number of methoxy groups -OCH3 is 1. The number of hydrogen-bond acceptors (Lipinski definition) is 3. The summed E-state index contributed by atoms with van der Waals surface area (Å²) in [5.41, 5.74) is 2.89. The van der Waals surface area contributed by atoms with Crippen molar-refractivity contribution < 1.29 is 9.84 Å². The average molecular weight is 288 g/mol. The van der Waals surface area contributed by atoms with E-state index in [1.54, 1.807) is 18.4 Å². The molecule has 2 atom stereocenters. The highest BCUT2D eigenvalue weighted by molar-refractivity contribution is 7.10. The first-order chi connectivity index (χ1) is 9.78. The molecule has 0 aliphatic heterocycles. The second-order valence-electron chi connectivity index (χ2n) is 5.43. The molecule has 0 fully saturated rings. The van der Waals surface area contributed by atoms with Crippen molar-refractivity contribution in [2.24, 2.45) is 0 Å². The summed E-state index contributed by atoms with van der Waals surface area (Å²) in [6.45, 7) is 0. The smallest absolute Gasteiger partial charge is 0.129 e. The molecule has 0 saturated carbocycles. The fraction of sp³-hybridized carbons (Fsp3) is 0.412. The first kappa shape index (κ1) is 13.7. The maximum atomic E-state index is 10.5. The molecule has 2 unspecified atom stereocenters. The van der Waals surface area contributed by atoms with Gasteiger partial charge in [-0.25, -0.2) is 0 Å². The average Bonchev–Trinajstić information content (AvgIpc) is 2.97. The molecule has 3 heteroatoms. The minimum absolute atomic E-state index is 0.389. The van der Waals surface area contributed by atoms with Gasteiger partial charge in [0, 0.05) is 10.3 Å². The Morgan fingerprint density at radius 2 is 2.25 bits per heavy atom. The first-order valence-electron chi connectivity index (χ1n) is 7.16. The molecule has 3 rings (SSSR count). The standard InChI is InChI=1S/C17H20O2S/c1-19-14-10-17(20-11-14)16(18)9-13-7-4-6-12-5-2-3-8-15(12)13/h2-3,5,8,10-11,13,16,18H,4,6-7,9H2,1H3. The molecule has 2 nitrogen and oxygen atoms in total. The fourth-order valence-electron chi connectivity index (χ4n) is 3.10. The molecule has 0 radical (unpaired) electrons. The monoisotopic (exact) mass is 288 g/mol. The van der Waals surface area contributed by atoms with Crippen molar-refractivity contribution in [2.75, 3.05) is 7.11 Å². The van der Waals surface area contributed by atoms with E-state index >= 15 is 0 Å². The number of rotatable bonds is 4. The van der Waals surface area contributed by atoms with Crippen molar-refractivity contribution in [3.8, 4) is 5.75 Å². The Kier molecular flexibility index (Phi) is 4.08. The van der Waals surface area contributed by atoms with Crippen molar-refractivity contribution >= 4 is 11.3 Å². The number of aliphatic hydroxyl groups excluding tert-OH is 1. The van der Waals surface area contributed by atoms with Crippen molar-refractivity contribution in [3.05, 3.63) is 51.7 Å². The Morgan fingerprint density at radius 3 is 3.05 bits per heavy atom. The number of aliphatic hydroxyl groups is 1. The normalized spacial score (nSPS) is 19.4. The minimum Gasteiger partial charge on any atom is -0.496 e. The second-order valence-corrected chi connectivity index (χ2v) is 6.37. The van der Waals surface area contributed by atoms with Gasteiger partial charge in [-0.3, -0.25) is 0 Å². The zero-order chi connectivity index (χ0) is 13.9. The maximum Gasteiger partial charge on any atom is 0.129 e. The fourth-order valence-corrected chi connectivity index (χ4v) is 3.96. The molecule has 1 aliphatic rings. The highest BCUT2D eigenvalue weighted by atomic mass is 32.1. The molecule has 1 aromatic carbocycles. The Morgan fingerprint density at radius 1 is 1.40 bits per heavy atom. The van der Waals surface area contributed by atoms with Gasteiger partial charge in [0.1, 0.15) is 5.75 Å². The molecule has 1 N–H and O–H groups in total. The summed E-state index contributed by atoms with van der Waals surface area (Å²) in [6.07, 6.45) is 4.00. The van der Waals surface area contributed by atoms with Crippen LogP contribution in [0.2, 0.25) is 0 Å². The molecule has 1 aromatic heterocycles. The van der Waals surface area contributed by atoms with Gasteiger partial charge < -0.3 is 9.84 Å². The van der Waals surface area contributed by atoms with Crippen LogP contribution in [0.1, 0.15) is 47.3 Å². The third-order valence-corrected chi connectivity index (χ3v) is 5.17. The van der Waals surface area contributed by atoms with Crippen LogP contribution in [-0.2, 0) is 6.42 Å². The lowest BCUT2D eigenvalue weighted by Gasteiger charge is -2.27. The van der Waals surface area contributed by atoms with E-state index in [0.29, 0.717) is 5.92 Å². The van der Waals surface area contributed by atoms with E-state index in [9.17, 15) is 5.11 Å². The highest BCUT2D eigenvalue weighted by Gasteiger charge is 2.23. The van der Waals surface area contributed by atoms with E-state index in [1.165, 1.54) is 30.4 Å². The van der Waals surface area contributed by atoms with E-state index in [0.717, 1.165) is 17.0 Å². The molecule has 0 amide bonds. The van der Waals surface area contributed by atoms with Crippen molar-refractivity contribution in [3.63, 3.8) is 0 Å². The van der Waals surface area contributed by atoms with Crippen molar-refractivity contribution in [2.45, 2.75) is 37.7 Å². The van der Waals surface area contributed by atoms with Gasteiger partial charge in [-0.15, -0.1) is 11.3 Å². The number of thiophene rings is 1. The largest absolute Gasteiger partial charge is 0.496 e. The Hall–Kier alpha value is -1.32. The summed E-state index contributed by atoms with van der Waals surface area (Å²) in [5, 5.41) is 12.4. The second kappa shape index (κ2) is 5.98. The third-order valence-electron chi connectivity index (χ3n) is 4.16. The molecule has 1 aliphatic carbocycles. The van der Waals surface area contributed by atoms with Crippen LogP contribution in [0.25, 0.3) is 0 Å². The number of aryl methyl sites for hydroxylation is 1. The minimum atomic E-state index is -0.389. The van der Waals surface area contributed by atoms with E-state index in [1.807, 2.05) is 11.4 Å². The summed E-state index contributed by atoms with van der Waals surface area (Å²) < 4.78 is 5.19. The lowest BCUT2D eigenvalue weighted by Crippen LogP contribution is -2.12. The lowest BCUT2D eigenvalue weighted by molar-refractivity contribution is 0.157. The van der Waals surface area contributed by atoms with Crippen molar-refractivity contribution in [1.29, 1.82) is 0 Å². The topological polar surface area (TPSA) is 29.5 Å². The summed E-state index contributed by atoms with van der Waals surface area (Å²) in [5.74, 6) is 1.32. The SMILES string of the molecule is COc1csc(C(O)CC2CCCc3ccccc32)c1. The zero-order valence-electron chi connectivity index (χ0n) is 11.7. The summed E-state index contributed by atoms with van der Waals surface area (Å²) in [7, 11) is 1.66. The highest BCUT2D eigenvalue weighted by Crippen LogP contribution is 2.39. The lowest BCUT2D eigenvalue weighted by atomic mass is 9.80. The van der Waals surface area contributed by atoms with Crippen LogP contribution >= 0.6 is 11.3 Å². The van der Waals surface area contributed by atoms with E-state index in [4.69, 9.17) is 4.74 Å². The molecule has 2 aromatic rings. The van der Waals surface area contributed by atoms with Gasteiger partial charge in [-0.2, -0.15) is 0 Å². The molecule has 1 heterocycles. The Balaban J connectivity index is 1.75. The molecule has 20 heavy (non-hydrogen) atoms. The van der Waals surface area contributed by atoms with E-state index in [2.05, 4.69) is 24.3 Å². The zero-order valence-corrected chi connectivity index (χ0v) is 12.5. The molecule has 0 saturated heterocycles. The number of benzene rings is 1. The molecule has 0 bridgehead atoms. The molecular formula is C17H20O2S. The van der Waals surface area contributed by atoms with Crippen LogP contribution in [-0.4, -0.2) is 12.2 Å². The first-order valence-corrected chi connectivity index (χ1v) is 8.04. The Labute approximate surface area is 124 Å². The quantitative estimate of drug-likeness (QED) is 0.909. The van der Waals surface area contributed by atoms with Crippen LogP contribution in [0.5, 0.6) is 5.75 Å². The van der Waals surface area contributed by atoms with Crippen LogP contribution in [0.3, 0.4) is 0 Å². The van der Waals surface area contributed by atoms with Gasteiger partial charge in [0.05, 0.1) is 13.2 Å². The van der Waals surface area contributed by atoms with E-state index < -0.39 is 0 Å². The summed E-state index contributed by atoms with van der Waals surface area (Å²) in [6, 6.07) is 10.6. The van der Waals surface area contributed by atoms with E-state index in [-0.39, 0.29) is 6.10 Å². The van der Waals surface area contributed by atoms with Crippen LogP contribution in [0.15, 0.2) is 35.7 Å². The predicted molar refractivity (Wildman–Crippen MR) is 82.6 cm³/mol. The van der Waals surface area contributed by atoms with Gasteiger partial charge in [0.25, 0.3) is 0 Å². The van der Waals surface area contributed by atoms with Crippen LogP contribution in [0.4, 0.5) is 0 Å². The van der Waals surface area contributed by atoms with Crippen LogP contribution in [0, 0.1) is 0 Å². The third kappa shape index (κ3) is 2.74. The maximum absolute atomic E-state index is 10.5. The molecular weight excluding hydrogens is 268 g/mol. The van der Waals surface area contributed by atoms with Crippen molar-refractivity contribution in [1.82, 2.24) is 0 Å². The van der Waals surface area contributed by atoms with Gasteiger partial charge in [0.15, 0.2) is 0 Å². The Bertz CT molecular complexity index is 576. The molecule has 106 valence electrons.